The first kappa shape index (κ1) is 20.5. The number of piperidine rings is 1. The summed E-state index contributed by atoms with van der Waals surface area (Å²) in [5.41, 5.74) is 1.07. The molecule has 0 N–H and O–H groups in total. The maximum Gasteiger partial charge on any atom is 0.258 e. The van der Waals surface area contributed by atoms with Crippen LogP contribution in [0.3, 0.4) is 0 Å². The molecule has 2 heterocycles. The van der Waals surface area contributed by atoms with Gasteiger partial charge in [-0.3, -0.25) is 0 Å². The van der Waals surface area contributed by atoms with Gasteiger partial charge in [0, 0.05) is 24.6 Å². The molecule has 1 aromatic heterocycles. The number of nitrogens with zero attached hydrogens (tertiary/aromatic N) is 3. The van der Waals surface area contributed by atoms with Gasteiger partial charge in [0.1, 0.15) is 11.6 Å². The Labute approximate surface area is 174 Å². The monoisotopic (exact) mass is 431 g/mol. The number of hydrogen-bond acceptors (Lipinski definition) is 6. The van der Waals surface area contributed by atoms with Crippen LogP contribution in [0.4, 0.5) is 4.39 Å². The molecular formula is C21H22FN3O4S. The van der Waals surface area contributed by atoms with Crippen LogP contribution >= 0.6 is 0 Å². The molecule has 4 rings (SSSR count). The van der Waals surface area contributed by atoms with E-state index in [1.54, 1.807) is 14.0 Å². The molecule has 0 aliphatic carbocycles. The number of ether oxygens (including phenoxy) is 1. The van der Waals surface area contributed by atoms with Crippen LogP contribution in [0.2, 0.25) is 0 Å². The van der Waals surface area contributed by atoms with Crippen LogP contribution in [-0.2, 0) is 10.0 Å². The maximum absolute atomic E-state index is 13.5. The van der Waals surface area contributed by atoms with Gasteiger partial charge in [0.15, 0.2) is 5.82 Å². The molecule has 1 aliphatic heterocycles. The second-order valence-corrected chi connectivity index (χ2v) is 9.22. The van der Waals surface area contributed by atoms with Gasteiger partial charge in [0.2, 0.25) is 10.0 Å². The van der Waals surface area contributed by atoms with E-state index < -0.39 is 15.8 Å². The first-order valence-electron chi connectivity index (χ1n) is 9.63. The van der Waals surface area contributed by atoms with E-state index in [-0.39, 0.29) is 10.8 Å². The molecule has 30 heavy (non-hydrogen) atoms. The fourth-order valence-electron chi connectivity index (χ4n) is 3.56. The number of aromatic nitrogens is 2. The number of sulfonamides is 1. The van der Waals surface area contributed by atoms with Gasteiger partial charge in [-0.25, -0.2) is 12.8 Å². The molecule has 1 saturated heterocycles. The summed E-state index contributed by atoms with van der Waals surface area (Å²) in [6.07, 6.45) is 1.16. The summed E-state index contributed by atoms with van der Waals surface area (Å²) in [6.45, 7) is 2.23. The average molecular weight is 431 g/mol. The molecule has 0 saturated carbocycles. The van der Waals surface area contributed by atoms with Crippen LogP contribution in [0.1, 0.15) is 30.1 Å². The normalized spacial score (nSPS) is 16.0. The predicted octanol–water partition coefficient (Wildman–Crippen LogP) is 3.76. The number of aryl methyl sites for hydroxylation is 1. The van der Waals surface area contributed by atoms with Gasteiger partial charge in [0.25, 0.3) is 5.89 Å². The number of benzene rings is 2. The molecule has 0 atom stereocenters. The molecule has 9 heteroatoms. The molecule has 0 amide bonds. The van der Waals surface area contributed by atoms with Gasteiger partial charge in [-0.15, -0.1) is 0 Å². The lowest BCUT2D eigenvalue weighted by Crippen LogP contribution is -2.38. The molecule has 1 aliphatic rings. The summed E-state index contributed by atoms with van der Waals surface area (Å²) < 4.78 is 51.3. The van der Waals surface area contributed by atoms with E-state index in [2.05, 4.69) is 10.1 Å². The van der Waals surface area contributed by atoms with Gasteiger partial charge >= 0.3 is 0 Å². The van der Waals surface area contributed by atoms with Crippen LogP contribution in [0.5, 0.6) is 5.75 Å². The zero-order chi connectivity index (χ0) is 21.3. The van der Waals surface area contributed by atoms with E-state index in [4.69, 9.17) is 9.26 Å². The van der Waals surface area contributed by atoms with Gasteiger partial charge in [-0.05, 0) is 61.7 Å². The van der Waals surface area contributed by atoms with Crippen molar-refractivity contribution in [1.29, 1.82) is 0 Å². The van der Waals surface area contributed by atoms with Crippen molar-refractivity contribution in [3.63, 3.8) is 0 Å². The summed E-state index contributed by atoms with van der Waals surface area (Å²) in [4.78, 5) is 4.61. The molecule has 1 fully saturated rings. The molecule has 3 aromatic rings. The van der Waals surface area contributed by atoms with Crippen molar-refractivity contribution < 1.29 is 22.1 Å². The first-order valence-corrected chi connectivity index (χ1v) is 11.1. The second kappa shape index (κ2) is 8.16. The third kappa shape index (κ3) is 3.95. The zero-order valence-corrected chi connectivity index (χ0v) is 17.5. The molecule has 0 spiro atoms. The fourth-order valence-corrected chi connectivity index (χ4v) is 5.11. The Bertz CT molecular complexity index is 1150. The third-order valence-electron chi connectivity index (χ3n) is 5.34. The van der Waals surface area contributed by atoms with Crippen LogP contribution in [-0.4, -0.2) is 43.1 Å². The molecule has 0 bridgehead atoms. The number of hydrogen-bond donors (Lipinski definition) is 0. The first-order chi connectivity index (χ1) is 14.4. The Morgan fingerprint density at radius 2 is 1.93 bits per heavy atom. The minimum Gasteiger partial charge on any atom is -0.497 e. The number of rotatable bonds is 5. The second-order valence-electron chi connectivity index (χ2n) is 7.28. The van der Waals surface area contributed by atoms with Crippen molar-refractivity contribution >= 4 is 10.0 Å². The summed E-state index contributed by atoms with van der Waals surface area (Å²) in [6, 6.07) is 11.2. The molecule has 0 unspecified atom stereocenters. The lowest BCUT2D eigenvalue weighted by Gasteiger charge is -2.29. The Morgan fingerprint density at radius 1 is 1.17 bits per heavy atom. The molecule has 2 aromatic carbocycles. The Morgan fingerprint density at radius 3 is 2.63 bits per heavy atom. The Kier molecular flexibility index (Phi) is 5.57. The van der Waals surface area contributed by atoms with Crippen molar-refractivity contribution in [3.8, 4) is 17.2 Å². The predicted molar refractivity (Wildman–Crippen MR) is 108 cm³/mol. The third-order valence-corrected chi connectivity index (χ3v) is 7.24. The van der Waals surface area contributed by atoms with Crippen molar-refractivity contribution in [2.75, 3.05) is 20.2 Å². The standard InChI is InChI=1S/C21H22FN3O4S/c1-14-12-18(6-7-19(14)22)30(26,27)25-10-8-15(9-11-25)20-23-21(29-24-20)16-4-3-5-17(13-16)28-2/h3-7,12-13,15H,8-11H2,1-2H3. The highest BCUT2D eigenvalue weighted by Crippen LogP contribution is 2.31. The molecular weight excluding hydrogens is 409 g/mol. The average Bonchev–Trinajstić information content (AvgIpc) is 3.26. The summed E-state index contributed by atoms with van der Waals surface area (Å²) >= 11 is 0. The van der Waals surface area contributed by atoms with Crippen molar-refractivity contribution in [1.82, 2.24) is 14.4 Å². The van der Waals surface area contributed by atoms with E-state index in [9.17, 15) is 12.8 Å². The summed E-state index contributed by atoms with van der Waals surface area (Å²) in [7, 11) is -2.07. The minimum atomic E-state index is -3.66. The Hall–Kier alpha value is -2.78. The SMILES string of the molecule is COc1cccc(-c2nc(C3CCN(S(=O)(=O)c4ccc(F)c(C)c4)CC3)no2)c1. The highest BCUT2D eigenvalue weighted by Gasteiger charge is 2.32. The quantitative estimate of drug-likeness (QED) is 0.611. The van der Waals surface area contributed by atoms with Gasteiger partial charge in [0.05, 0.1) is 12.0 Å². The van der Waals surface area contributed by atoms with Crippen LogP contribution in [0.25, 0.3) is 11.5 Å². The molecule has 0 radical (unpaired) electrons. The smallest absolute Gasteiger partial charge is 0.258 e. The summed E-state index contributed by atoms with van der Waals surface area (Å²) in [5.74, 6) is 1.26. The van der Waals surface area contributed by atoms with E-state index >= 15 is 0 Å². The largest absolute Gasteiger partial charge is 0.497 e. The lowest BCUT2D eigenvalue weighted by atomic mass is 9.97. The zero-order valence-electron chi connectivity index (χ0n) is 16.7. The van der Waals surface area contributed by atoms with E-state index in [0.717, 1.165) is 5.56 Å². The summed E-state index contributed by atoms with van der Waals surface area (Å²) in [5, 5.41) is 4.10. The van der Waals surface area contributed by atoms with Gasteiger partial charge < -0.3 is 9.26 Å². The van der Waals surface area contributed by atoms with Crippen LogP contribution in [0, 0.1) is 12.7 Å². The molecule has 7 nitrogen and oxygen atoms in total. The highest BCUT2D eigenvalue weighted by molar-refractivity contribution is 7.89. The molecule has 158 valence electrons. The number of methoxy groups -OCH3 is 1. The van der Waals surface area contributed by atoms with E-state index in [0.29, 0.717) is 49.0 Å². The maximum atomic E-state index is 13.5. The van der Waals surface area contributed by atoms with Gasteiger partial charge in [-0.1, -0.05) is 11.2 Å². The van der Waals surface area contributed by atoms with Crippen molar-refractivity contribution in [2.24, 2.45) is 0 Å². The van der Waals surface area contributed by atoms with E-state index in [1.165, 1.54) is 22.5 Å². The van der Waals surface area contributed by atoms with Crippen LogP contribution in [0.15, 0.2) is 51.9 Å². The van der Waals surface area contributed by atoms with Crippen molar-refractivity contribution in [3.05, 3.63) is 59.7 Å². The Balaban J connectivity index is 1.46. The van der Waals surface area contributed by atoms with Crippen molar-refractivity contribution in [2.45, 2.75) is 30.6 Å². The van der Waals surface area contributed by atoms with Crippen LogP contribution < -0.4 is 4.74 Å². The highest BCUT2D eigenvalue weighted by atomic mass is 32.2. The fraction of sp³-hybridized carbons (Fsp3) is 0.333. The lowest BCUT2D eigenvalue weighted by molar-refractivity contribution is 0.307. The van der Waals surface area contributed by atoms with Gasteiger partial charge in [-0.2, -0.15) is 9.29 Å². The topological polar surface area (TPSA) is 85.5 Å². The van der Waals surface area contributed by atoms with E-state index in [1.807, 2.05) is 24.3 Å². The minimum absolute atomic E-state index is 0.00881. The number of halogens is 1.